The first-order valence-electron chi connectivity index (χ1n) is 7.28. The molecule has 0 aliphatic rings. The Hall–Kier alpha value is -1.84. The normalized spacial score (nSPS) is 12.7. The van der Waals surface area contributed by atoms with E-state index >= 15 is 0 Å². The first-order valence-corrected chi connectivity index (χ1v) is 7.28. The molecular formula is C16H24N4. The Morgan fingerprint density at radius 1 is 1.15 bits per heavy atom. The molecule has 1 unspecified atom stereocenters. The van der Waals surface area contributed by atoms with Gasteiger partial charge in [0.15, 0.2) is 5.82 Å². The number of hydrogen-bond donors (Lipinski definition) is 1. The molecule has 0 bridgehead atoms. The largest absolute Gasteiger partial charge is 0.382 e. The van der Waals surface area contributed by atoms with Gasteiger partial charge in [-0.05, 0) is 37.8 Å². The number of hydrogen-bond acceptors (Lipinski definition) is 3. The lowest BCUT2D eigenvalue weighted by atomic mass is 10.0. The topological polar surface area (TPSA) is 42.7 Å². The van der Waals surface area contributed by atoms with E-state index in [-0.39, 0.29) is 0 Å². The SMILES string of the molecule is CC(C)CCC(C)Nc1ccccc1-c1nncn1C. The minimum Gasteiger partial charge on any atom is -0.382 e. The highest BCUT2D eigenvalue weighted by molar-refractivity contribution is 5.73. The summed E-state index contributed by atoms with van der Waals surface area (Å²) in [6, 6.07) is 8.73. The molecule has 20 heavy (non-hydrogen) atoms. The van der Waals surface area contributed by atoms with Crippen molar-refractivity contribution in [3.63, 3.8) is 0 Å². The van der Waals surface area contributed by atoms with Gasteiger partial charge in [0.25, 0.3) is 0 Å². The quantitative estimate of drug-likeness (QED) is 0.871. The lowest BCUT2D eigenvalue weighted by Crippen LogP contribution is -2.16. The van der Waals surface area contributed by atoms with Crippen LogP contribution in [0.15, 0.2) is 30.6 Å². The molecule has 4 nitrogen and oxygen atoms in total. The molecule has 0 radical (unpaired) electrons. The summed E-state index contributed by atoms with van der Waals surface area (Å²) < 4.78 is 1.94. The Morgan fingerprint density at radius 2 is 1.90 bits per heavy atom. The van der Waals surface area contributed by atoms with Crippen LogP contribution < -0.4 is 5.32 Å². The van der Waals surface area contributed by atoms with Crippen molar-refractivity contribution < 1.29 is 0 Å². The molecule has 1 aromatic heterocycles. The molecule has 1 heterocycles. The van der Waals surface area contributed by atoms with Crippen molar-refractivity contribution in [3.8, 4) is 11.4 Å². The van der Waals surface area contributed by atoms with Crippen molar-refractivity contribution in [2.75, 3.05) is 5.32 Å². The van der Waals surface area contributed by atoms with Crippen molar-refractivity contribution in [1.82, 2.24) is 14.8 Å². The summed E-state index contributed by atoms with van der Waals surface area (Å²) in [5.41, 5.74) is 2.23. The highest BCUT2D eigenvalue weighted by atomic mass is 15.2. The predicted molar refractivity (Wildman–Crippen MR) is 83.6 cm³/mol. The van der Waals surface area contributed by atoms with E-state index in [9.17, 15) is 0 Å². The zero-order valence-electron chi connectivity index (χ0n) is 12.8. The summed E-state index contributed by atoms with van der Waals surface area (Å²) in [7, 11) is 1.97. The smallest absolute Gasteiger partial charge is 0.165 e. The van der Waals surface area contributed by atoms with Gasteiger partial charge in [-0.15, -0.1) is 10.2 Å². The number of rotatable bonds is 6. The van der Waals surface area contributed by atoms with E-state index in [1.165, 1.54) is 12.8 Å². The molecule has 1 atom stereocenters. The van der Waals surface area contributed by atoms with Crippen LogP contribution in [-0.4, -0.2) is 20.8 Å². The van der Waals surface area contributed by atoms with E-state index in [1.54, 1.807) is 6.33 Å². The maximum absolute atomic E-state index is 4.20. The molecule has 2 aromatic rings. The molecule has 0 amide bonds. The summed E-state index contributed by atoms with van der Waals surface area (Å²) in [5, 5.41) is 11.8. The zero-order valence-corrected chi connectivity index (χ0v) is 12.8. The first kappa shape index (κ1) is 14.6. The lowest BCUT2D eigenvalue weighted by molar-refractivity contribution is 0.528. The molecule has 4 heteroatoms. The van der Waals surface area contributed by atoms with Gasteiger partial charge in [-0.25, -0.2) is 0 Å². The number of nitrogens with zero attached hydrogens (tertiary/aromatic N) is 3. The summed E-state index contributed by atoms with van der Waals surface area (Å²) in [6.07, 6.45) is 4.14. The lowest BCUT2D eigenvalue weighted by Gasteiger charge is -2.18. The average Bonchev–Trinajstić information content (AvgIpc) is 2.83. The summed E-state index contributed by atoms with van der Waals surface area (Å²) >= 11 is 0. The number of anilines is 1. The van der Waals surface area contributed by atoms with Gasteiger partial charge in [0.1, 0.15) is 6.33 Å². The van der Waals surface area contributed by atoms with Crippen LogP contribution in [0.4, 0.5) is 5.69 Å². The highest BCUT2D eigenvalue weighted by Crippen LogP contribution is 2.26. The monoisotopic (exact) mass is 272 g/mol. The van der Waals surface area contributed by atoms with Crippen LogP contribution in [0, 0.1) is 5.92 Å². The number of benzene rings is 1. The fourth-order valence-electron chi connectivity index (χ4n) is 2.25. The Bertz CT molecular complexity index is 545. The van der Waals surface area contributed by atoms with Crippen LogP contribution in [0.3, 0.4) is 0 Å². The second-order valence-electron chi connectivity index (χ2n) is 5.83. The maximum atomic E-state index is 4.20. The van der Waals surface area contributed by atoms with Crippen LogP contribution in [0.1, 0.15) is 33.6 Å². The molecule has 0 aliphatic heterocycles. The summed E-state index contributed by atoms with van der Waals surface area (Å²) in [4.78, 5) is 0. The van der Waals surface area contributed by atoms with Gasteiger partial charge in [0.05, 0.1) is 0 Å². The molecule has 1 N–H and O–H groups in total. The van der Waals surface area contributed by atoms with Gasteiger partial charge < -0.3 is 9.88 Å². The van der Waals surface area contributed by atoms with Crippen molar-refractivity contribution >= 4 is 5.69 Å². The average molecular weight is 272 g/mol. The van der Waals surface area contributed by atoms with E-state index in [4.69, 9.17) is 0 Å². The van der Waals surface area contributed by atoms with Crippen molar-refractivity contribution in [2.45, 2.75) is 39.7 Å². The number of aryl methyl sites for hydroxylation is 1. The molecule has 0 fully saturated rings. The fourth-order valence-corrected chi connectivity index (χ4v) is 2.25. The van der Waals surface area contributed by atoms with Gasteiger partial charge in [-0.3, -0.25) is 0 Å². The molecule has 0 saturated heterocycles. The molecule has 1 aromatic carbocycles. The highest BCUT2D eigenvalue weighted by Gasteiger charge is 2.11. The number of aromatic nitrogens is 3. The second kappa shape index (κ2) is 6.55. The van der Waals surface area contributed by atoms with E-state index in [0.717, 1.165) is 23.0 Å². The Morgan fingerprint density at radius 3 is 2.55 bits per heavy atom. The van der Waals surface area contributed by atoms with E-state index < -0.39 is 0 Å². The van der Waals surface area contributed by atoms with Crippen molar-refractivity contribution in [2.24, 2.45) is 13.0 Å². The molecule has 0 saturated carbocycles. The molecule has 0 spiro atoms. The van der Waals surface area contributed by atoms with Crippen LogP contribution in [0.5, 0.6) is 0 Å². The Labute approximate surface area is 121 Å². The Kier molecular flexibility index (Phi) is 4.77. The van der Waals surface area contributed by atoms with Gasteiger partial charge in [0, 0.05) is 24.3 Å². The molecular weight excluding hydrogens is 248 g/mol. The van der Waals surface area contributed by atoms with Gasteiger partial charge in [-0.1, -0.05) is 26.0 Å². The third-order valence-electron chi connectivity index (χ3n) is 3.46. The molecule has 2 rings (SSSR count). The number of para-hydroxylation sites is 1. The fraction of sp³-hybridized carbons (Fsp3) is 0.500. The predicted octanol–water partition coefficient (Wildman–Crippen LogP) is 3.72. The maximum Gasteiger partial charge on any atom is 0.165 e. The first-order chi connectivity index (χ1) is 9.58. The zero-order chi connectivity index (χ0) is 14.5. The van der Waals surface area contributed by atoms with Crippen LogP contribution in [0.2, 0.25) is 0 Å². The molecule has 108 valence electrons. The van der Waals surface area contributed by atoms with E-state index in [0.29, 0.717) is 6.04 Å². The third-order valence-corrected chi connectivity index (χ3v) is 3.46. The van der Waals surface area contributed by atoms with E-state index in [2.05, 4.69) is 54.5 Å². The van der Waals surface area contributed by atoms with E-state index in [1.807, 2.05) is 17.7 Å². The minimum atomic E-state index is 0.451. The summed E-state index contributed by atoms with van der Waals surface area (Å²) in [5.74, 6) is 1.64. The van der Waals surface area contributed by atoms with Gasteiger partial charge in [-0.2, -0.15) is 0 Å². The minimum absolute atomic E-state index is 0.451. The van der Waals surface area contributed by atoms with Crippen LogP contribution in [0.25, 0.3) is 11.4 Å². The van der Waals surface area contributed by atoms with Gasteiger partial charge in [0.2, 0.25) is 0 Å². The standard InChI is InChI=1S/C16H24N4/c1-12(2)9-10-13(3)18-15-8-6-5-7-14(15)16-19-17-11-20(16)4/h5-8,11-13,18H,9-10H2,1-4H3. The van der Waals surface area contributed by atoms with Crippen molar-refractivity contribution in [3.05, 3.63) is 30.6 Å². The van der Waals surface area contributed by atoms with Crippen LogP contribution in [-0.2, 0) is 7.05 Å². The van der Waals surface area contributed by atoms with Gasteiger partial charge >= 0.3 is 0 Å². The summed E-state index contributed by atoms with van der Waals surface area (Å²) in [6.45, 7) is 6.76. The second-order valence-corrected chi connectivity index (χ2v) is 5.83. The third kappa shape index (κ3) is 3.59. The van der Waals surface area contributed by atoms with Crippen LogP contribution >= 0.6 is 0 Å². The molecule has 0 aliphatic carbocycles. The Balaban J connectivity index is 2.15. The van der Waals surface area contributed by atoms with Crippen molar-refractivity contribution in [1.29, 1.82) is 0 Å². The number of nitrogens with one attached hydrogen (secondary N) is 1.